The van der Waals surface area contributed by atoms with Gasteiger partial charge < -0.3 is 10.2 Å². The number of aryl methyl sites for hydroxylation is 2. The highest BCUT2D eigenvalue weighted by Gasteiger charge is 2.17. The molecule has 0 atom stereocenters. The maximum Gasteiger partial charge on any atom is 0.133 e. The van der Waals surface area contributed by atoms with Crippen molar-refractivity contribution in [1.82, 2.24) is 10.3 Å². The minimum absolute atomic E-state index is 0.564. The largest absolute Gasteiger partial charge is 0.356 e. The summed E-state index contributed by atoms with van der Waals surface area (Å²) in [5.41, 5.74) is 3.74. The molecule has 0 radical (unpaired) electrons. The molecule has 1 heterocycles. The maximum absolute atomic E-state index is 4.76. The van der Waals surface area contributed by atoms with Crippen LogP contribution in [0.5, 0.6) is 0 Å². The van der Waals surface area contributed by atoms with Gasteiger partial charge in [-0.25, -0.2) is 4.98 Å². The van der Waals surface area contributed by atoms with Crippen LogP contribution in [0.2, 0.25) is 0 Å². The van der Waals surface area contributed by atoms with Crippen molar-refractivity contribution in [2.75, 3.05) is 19.0 Å². The molecular formula is C15H27N3. The molecule has 1 N–H and O–H groups in total. The fourth-order valence-electron chi connectivity index (χ4n) is 2.54. The third kappa shape index (κ3) is 3.22. The second-order valence-corrected chi connectivity index (χ2v) is 4.99. The lowest BCUT2D eigenvalue weighted by Gasteiger charge is -2.30. The molecule has 0 aliphatic carbocycles. The second-order valence-electron chi connectivity index (χ2n) is 4.99. The van der Waals surface area contributed by atoms with Gasteiger partial charge in [0.2, 0.25) is 0 Å². The molecule has 0 saturated carbocycles. The molecule has 0 aromatic carbocycles. The van der Waals surface area contributed by atoms with Crippen LogP contribution in [0.15, 0.2) is 6.07 Å². The van der Waals surface area contributed by atoms with Crippen LogP contribution in [0.4, 0.5) is 5.82 Å². The summed E-state index contributed by atoms with van der Waals surface area (Å²) in [6.45, 7) is 9.60. The van der Waals surface area contributed by atoms with E-state index in [1.807, 2.05) is 7.05 Å². The summed E-state index contributed by atoms with van der Waals surface area (Å²) in [5.74, 6) is 1.13. The zero-order chi connectivity index (χ0) is 13.7. The van der Waals surface area contributed by atoms with Crippen molar-refractivity contribution in [3.05, 3.63) is 22.9 Å². The highest BCUT2D eigenvalue weighted by Crippen LogP contribution is 2.24. The van der Waals surface area contributed by atoms with E-state index in [1.165, 1.54) is 11.1 Å². The minimum atomic E-state index is 0.564. The van der Waals surface area contributed by atoms with Gasteiger partial charge >= 0.3 is 0 Å². The highest BCUT2D eigenvalue weighted by atomic mass is 15.2. The molecule has 1 aromatic heterocycles. The number of pyridine rings is 1. The van der Waals surface area contributed by atoms with Crippen molar-refractivity contribution in [3.63, 3.8) is 0 Å². The van der Waals surface area contributed by atoms with Crippen LogP contribution in [0.1, 0.15) is 43.5 Å². The van der Waals surface area contributed by atoms with E-state index < -0.39 is 0 Å². The van der Waals surface area contributed by atoms with Crippen LogP contribution in [-0.2, 0) is 6.54 Å². The average molecular weight is 249 g/mol. The number of hydrogen-bond donors (Lipinski definition) is 1. The van der Waals surface area contributed by atoms with Gasteiger partial charge in [-0.1, -0.05) is 13.8 Å². The summed E-state index contributed by atoms with van der Waals surface area (Å²) in [5, 5.41) is 3.25. The summed E-state index contributed by atoms with van der Waals surface area (Å²) in [6, 6.07) is 2.73. The topological polar surface area (TPSA) is 28.2 Å². The van der Waals surface area contributed by atoms with Gasteiger partial charge in [-0.3, -0.25) is 0 Å². The van der Waals surface area contributed by atoms with Gasteiger partial charge in [-0.15, -0.1) is 0 Å². The Hall–Kier alpha value is -1.09. The standard InChI is InChI=1S/C15H27N3/c1-7-13(8-2)18(6)15-14(10-16-5)11(3)9-12(4)17-15/h9,13,16H,7-8,10H2,1-6H3. The first-order valence-corrected chi connectivity index (χ1v) is 6.89. The lowest BCUT2D eigenvalue weighted by Crippen LogP contribution is -2.32. The summed E-state index contributed by atoms with van der Waals surface area (Å²) in [4.78, 5) is 7.10. The zero-order valence-corrected chi connectivity index (χ0v) is 12.7. The van der Waals surface area contributed by atoms with Gasteiger partial charge in [-0.2, -0.15) is 0 Å². The van der Waals surface area contributed by atoms with Crippen LogP contribution in [0, 0.1) is 13.8 Å². The Morgan fingerprint density at radius 3 is 2.39 bits per heavy atom. The third-order valence-electron chi connectivity index (χ3n) is 3.63. The molecule has 3 nitrogen and oxygen atoms in total. The normalized spacial score (nSPS) is 11.1. The van der Waals surface area contributed by atoms with Crippen LogP contribution in [-0.4, -0.2) is 25.1 Å². The number of aromatic nitrogens is 1. The molecule has 1 rings (SSSR count). The Morgan fingerprint density at radius 2 is 1.89 bits per heavy atom. The Labute approximate surface area is 112 Å². The van der Waals surface area contributed by atoms with Gasteiger partial charge in [0.25, 0.3) is 0 Å². The third-order valence-corrected chi connectivity index (χ3v) is 3.63. The molecule has 0 aliphatic rings. The predicted molar refractivity (Wildman–Crippen MR) is 79.2 cm³/mol. The van der Waals surface area contributed by atoms with E-state index in [-0.39, 0.29) is 0 Å². The molecule has 0 spiro atoms. The first-order valence-electron chi connectivity index (χ1n) is 6.89. The Balaban J connectivity index is 3.19. The molecular weight excluding hydrogens is 222 g/mol. The van der Waals surface area contributed by atoms with Crippen molar-refractivity contribution in [2.24, 2.45) is 0 Å². The van der Waals surface area contributed by atoms with Gasteiger partial charge in [0.15, 0.2) is 0 Å². The lowest BCUT2D eigenvalue weighted by molar-refractivity contribution is 0.582. The fourth-order valence-corrected chi connectivity index (χ4v) is 2.54. The van der Waals surface area contributed by atoms with Gasteiger partial charge in [0, 0.05) is 30.9 Å². The molecule has 0 unspecified atom stereocenters. The molecule has 0 fully saturated rings. The van der Waals surface area contributed by atoms with Crippen LogP contribution in [0.25, 0.3) is 0 Å². The van der Waals surface area contributed by atoms with Crippen molar-refractivity contribution < 1.29 is 0 Å². The van der Waals surface area contributed by atoms with E-state index >= 15 is 0 Å². The van der Waals surface area contributed by atoms with E-state index in [4.69, 9.17) is 4.98 Å². The van der Waals surface area contributed by atoms with E-state index in [0.717, 1.165) is 30.9 Å². The van der Waals surface area contributed by atoms with Crippen molar-refractivity contribution in [3.8, 4) is 0 Å². The molecule has 0 bridgehead atoms. The Morgan fingerprint density at radius 1 is 1.28 bits per heavy atom. The van der Waals surface area contributed by atoms with Gasteiger partial charge in [0.1, 0.15) is 5.82 Å². The Bertz CT molecular complexity index is 384. The fraction of sp³-hybridized carbons (Fsp3) is 0.667. The molecule has 3 heteroatoms. The summed E-state index contributed by atoms with van der Waals surface area (Å²) in [7, 11) is 4.15. The predicted octanol–water partition coefficient (Wildman–Crippen LogP) is 3.04. The van der Waals surface area contributed by atoms with Crippen molar-refractivity contribution >= 4 is 5.82 Å². The molecule has 102 valence electrons. The van der Waals surface area contributed by atoms with E-state index in [0.29, 0.717) is 6.04 Å². The molecule has 0 aliphatic heterocycles. The Kier molecular flexibility index (Phi) is 5.60. The summed E-state index contributed by atoms with van der Waals surface area (Å²) in [6.07, 6.45) is 2.31. The van der Waals surface area contributed by atoms with E-state index in [9.17, 15) is 0 Å². The number of nitrogens with one attached hydrogen (secondary N) is 1. The SMILES string of the molecule is CCC(CC)N(C)c1nc(C)cc(C)c1CNC. The molecule has 0 amide bonds. The average Bonchev–Trinajstić information content (AvgIpc) is 2.33. The first-order chi connectivity index (χ1) is 8.54. The van der Waals surface area contributed by atoms with Gasteiger partial charge in [0.05, 0.1) is 0 Å². The first kappa shape index (κ1) is 15.0. The monoisotopic (exact) mass is 249 g/mol. The smallest absolute Gasteiger partial charge is 0.133 e. The van der Waals surface area contributed by atoms with Crippen LogP contribution in [0.3, 0.4) is 0 Å². The quantitative estimate of drug-likeness (QED) is 0.840. The van der Waals surface area contributed by atoms with Crippen molar-refractivity contribution in [2.45, 2.75) is 53.1 Å². The number of anilines is 1. The molecule has 1 aromatic rings. The second kappa shape index (κ2) is 6.74. The van der Waals surface area contributed by atoms with E-state index in [2.05, 4.69) is 51.0 Å². The molecule has 0 saturated heterocycles. The summed E-state index contributed by atoms with van der Waals surface area (Å²) < 4.78 is 0. The summed E-state index contributed by atoms with van der Waals surface area (Å²) >= 11 is 0. The number of hydrogen-bond acceptors (Lipinski definition) is 3. The van der Waals surface area contributed by atoms with Crippen LogP contribution < -0.4 is 10.2 Å². The van der Waals surface area contributed by atoms with Crippen LogP contribution >= 0.6 is 0 Å². The highest BCUT2D eigenvalue weighted by molar-refractivity contribution is 5.51. The molecule has 18 heavy (non-hydrogen) atoms. The van der Waals surface area contributed by atoms with Crippen molar-refractivity contribution in [1.29, 1.82) is 0 Å². The maximum atomic E-state index is 4.76. The number of nitrogens with zero attached hydrogens (tertiary/aromatic N) is 2. The van der Waals surface area contributed by atoms with Gasteiger partial charge in [-0.05, 0) is 45.4 Å². The number of rotatable bonds is 6. The zero-order valence-electron chi connectivity index (χ0n) is 12.7. The lowest BCUT2D eigenvalue weighted by atomic mass is 10.1. The minimum Gasteiger partial charge on any atom is -0.356 e. The van der Waals surface area contributed by atoms with E-state index in [1.54, 1.807) is 0 Å².